The average molecular weight is 268 g/mol. The maximum absolute atomic E-state index is 11.9. The first-order chi connectivity index (χ1) is 9.74. The third-order valence-electron chi connectivity index (χ3n) is 4.03. The molecule has 1 aromatic carbocycles. The minimum absolute atomic E-state index is 0.0218. The minimum Gasteiger partial charge on any atom is -0.347 e. The molecule has 1 amide bonds. The molecule has 3 nitrogen and oxygen atoms in total. The van der Waals surface area contributed by atoms with E-state index in [9.17, 15) is 4.79 Å². The molecule has 0 spiro atoms. The largest absolute Gasteiger partial charge is 0.347 e. The van der Waals surface area contributed by atoms with Crippen LogP contribution >= 0.6 is 0 Å². The molecular weight excluding hydrogens is 248 g/mol. The molecule has 0 aliphatic carbocycles. The van der Waals surface area contributed by atoms with E-state index in [1.165, 1.54) is 28.1 Å². The molecule has 20 heavy (non-hydrogen) atoms. The fourth-order valence-corrected chi connectivity index (χ4v) is 3.12. The second kappa shape index (κ2) is 5.16. The van der Waals surface area contributed by atoms with Crippen molar-refractivity contribution >= 4 is 16.8 Å². The van der Waals surface area contributed by atoms with E-state index in [0.29, 0.717) is 6.54 Å². The highest BCUT2D eigenvalue weighted by atomic mass is 16.2. The van der Waals surface area contributed by atoms with Crippen molar-refractivity contribution in [3.63, 3.8) is 0 Å². The van der Waals surface area contributed by atoms with Crippen molar-refractivity contribution < 1.29 is 4.79 Å². The highest BCUT2D eigenvalue weighted by Gasteiger charge is 2.20. The maximum Gasteiger partial charge on any atom is 0.246 e. The molecule has 1 aromatic heterocycles. The third kappa shape index (κ3) is 2.03. The van der Waals surface area contributed by atoms with Crippen molar-refractivity contribution in [1.29, 1.82) is 0 Å². The van der Waals surface area contributed by atoms with E-state index in [1.54, 1.807) is 0 Å². The molecule has 104 valence electrons. The van der Waals surface area contributed by atoms with Crippen LogP contribution in [0, 0.1) is 0 Å². The highest BCUT2D eigenvalue weighted by molar-refractivity contribution is 5.90. The van der Waals surface area contributed by atoms with Crippen molar-refractivity contribution in [2.24, 2.45) is 0 Å². The molecule has 1 aliphatic rings. The Bertz CT molecular complexity index is 669. The summed E-state index contributed by atoms with van der Waals surface area (Å²) in [7, 11) is 0. The Morgan fingerprint density at radius 1 is 1.40 bits per heavy atom. The van der Waals surface area contributed by atoms with Gasteiger partial charge in [0.15, 0.2) is 0 Å². The first kappa shape index (κ1) is 13.0. The van der Waals surface area contributed by atoms with Gasteiger partial charge in [-0.15, -0.1) is 0 Å². The lowest BCUT2D eigenvalue weighted by molar-refractivity contribution is -0.126. The van der Waals surface area contributed by atoms with Crippen LogP contribution in [-0.2, 0) is 24.3 Å². The number of rotatable bonds is 3. The molecule has 0 fully saturated rings. The van der Waals surface area contributed by atoms with Gasteiger partial charge in [0.2, 0.25) is 5.91 Å². The Morgan fingerprint density at radius 2 is 2.25 bits per heavy atom. The number of aryl methyl sites for hydroxylation is 1. The molecule has 0 saturated carbocycles. The summed E-state index contributed by atoms with van der Waals surface area (Å²) < 4.78 is 2.35. The van der Waals surface area contributed by atoms with E-state index in [4.69, 9.17) is 0 Å². The van der Waals surface area contributed by atoms with E-state index in [0.717, 1.165) is 25.9 Å². The molecule has 0 bridgehead atoms. The Labute approximate surface area is 119 Å². The monoisotopic (exact) mass is 268 g/mol. The van der Waals surface area contributed by atoms with E-state index < -0.39 is 0 Å². The predicted octanol–water partition coefficient (Wildman–Crippen LogP) is 3.12. The Balaban J connectivity index is 2.09. The Morgan fingerprint density at radius 3 is 3.00 bits per heavy atom. The standard InChI is InChI=1S/C17H20N2O/c1-3-9-18-11-14-8-10-19(16(20)4-2)12-13-6-5-7-15(18)17(13)14/h4-7,11H,2-3,8-10,12H2,1H3. The fraction of sp³-hybridized carbons (Fsp3) is 0.353. The van der Waals surface area contributed by atoms with Crippen molar-refractivity contribution in [2.45, 2.75) is 32.9 Å². The summed E-state index contributed by atoms with van der Waals surface area (Å²) in [6, 6.07) is 6.41. The average Bonchev–Trinajstić information content (AvgIpc) is 2.70. The zero-order valence-corrected chi connectivity index (χ0v) is 11.9. The number of hydrogen-bond donors (Lipinski definition) is 0. The molecule has 3 rings (SSSR count). The van der Waals surface area contributed by atoms with Gasteiger partial charge in [0.25, 0.3) is 0 Å². The van der Waals surface area contributed by atoms with Crippen LogP contribution in [0.15, 0.2) is 37.1 Å². The molecule has 0 N–H and O–H groups in total. The summed E-state index contributed by atoms with van der Waals surface area (Å²) in [5.41, 5.74) is 3.91. The normalized spacial score (nSPS) is 14.3. The van der Waals surface area contributed by atoms with Crippen LogP contribution in [0.3, 0.4) is 0 Å². The second-order valence-electron chi connectivity index (χ2n) is 5.37. The van der Waals surface area contributed by atoms with Gasteiger partial charge in [0, 0.05) is 36.7 Å². The Kier molecular flexibility index (Phi) is 3.35. The van der Waals surface area contributed by atoms with Gasteiger partial charge >= 0.3 is 0 Å². The number of nitrogens with zero attached hydrogens (tertiary/aromatic N) is 2. The van der Waals surface area contributed by atoms with Crippen LogP contribution in [0.4, 0.5) is 0 Å². The topological polar surface area (TPSA) is 25.2 Å². The Hall–Kier alpha value is -2.03. The highest BCUT2D eigenvalue weighted by Crippen LogP contribution is 2.29. The van der Waals surface area contributed by atoms with E-state index in [2.05, 4.69) is 42.5 Å². The summed E-state index contributed by atoms with van der Waals surface area (Å²) in [5, 5.41) is 1.35. The smallest absolute Gasteiger partial charge is 0.246 e. The van der Waals surface area contributed by atoms with Crippen molar-refractivity contribution in [1.82, 2.24) is 9.47 Å². The molecule has 0 atom stereocenters. The minimum atomic E-state index is 0.0218. The van der Waals surface area contributed by atoms with E-state index >= 15 is 0 Å². The van der Waals surface area contributed by atoms with Crippen LogP contribution in [0.2, 0.25) is 0 Å². The lowest BCUT2D eigenvalue weighted by Gasteiger charge is -2.19. The molecular formula is C17H20N2O. The molecule has 2 aromatic rings. The SMILES string of the molecule is C=CC(=O)N1CCc2cn(CCC)c3cccc(c23)C1. The van der Waals surface area contributed by atoms with Crippen molar-refractivity contribution in [3.8, 4) is 0 Å². The molecule has 0 radical (unpaired) electrons. The van der Waals surface area contributed by atoms with Gasteiger partial charge in [-0.05, 0) is 36.1 Å². The van der Waals surface area contributed by atoms with Gasteiger partial charge in [-0.25, -0.2) is 0 Å². The van der Waals surface area contributed by atoms with Gasteiger partial charge < -0.3 is 9.47 Å². The summed E-state index contributed by atoms with van der Waals surface area (Å²) >= 11 is 0. The molecule has 1 aliphatic heterocycles. The fourth-order valence-electron chi connectivity index (χ4n) is 3.12. The zero-order valence-electron chi connectivity index (χ0n) is 11.9. The van der Waals surface area contributed by atoms with Gasteiger partial charge in [-0.3, -0.25) is 4.79 Å². The van der Waals surface area contributed by atoms with Gasteiger partial charge in [0.05, 0.1) is 0 Å². The number of aromatic nitrogens is 1. The lowest BCUT2D eigenvalue weighted by atomic mass is 10.1. The van der Waals surface area contributed by atoms with Crippen molar-refractivity contribution in [3.05, 3.63) is 48.2 Å². The van der Waals surface area contributed by atoms with E-state index in [1.807, 2.05) is 4.90 Å². The van der Waals surface area contributed by atoms with Crippen LogP contribution in [0.1, 0.15) is 24.5 Å². The molecule has 3 heteroatoms. The predicted molar refractivity (Wildman–Crippen MR) is 81.5 cm³/mol. The van der Waals surface area contributed by atoms with Gasteiger partial charge in [-0.2, -0.15) is 0 Å². The molecule has 0 unspecified atom stereocenters. The van der Waals surface area contributed by atoms with Crippen molar-refractivity contribution in [2.75, 3.05) is 6.54 Å². The first-order valence-corrected chi connectivity index (χ1v) is 7.25. The van der Waals surface area contributed by atoms with Crippen LogP contribution in [-0.4, -0.2) is 21.9 Å². The molecule has 2 heterocycles. The first-order valence-electron chi connectivity index (χ1n) is 7.25. The van der Waals surface area contributed by atoms with Crippen LogP contribution in [0.5, 0.6) is 0 Å². The number of carbonyl (C=O) groups is 1. The number of hydrogen-bond acceptors (Lipinski definition) is 1. The van der Waals surface area contributed by atoms with Gasteiger partial charge in [0.1, 0.15) is 0 Å². The summed E-state index contributed by atoms with van der Waals surface area (Å²) in [4.78, 5) is 13.8. The third-order valence-corrected chi connectivity index (χ3v) is 4.03. The number of benzene rings is 1. The van der Waals surface area contributed by atoms with E-state index in [-0.39, 0.29) is 5.91 Å². The summed E-state index contributed by atoms with van der Waals surface area (Å²) in [6.07, 6.45) is 5.73. The number of amides is 1. The second-order valence-corrected chi connectivity index (χ2v) is 5.37. The lowest BCUT2D eigenvalue weighted by Crippen LogP contribution is -2.29. The molecule has 0 saturated heterocycles. The zero-order chi connectivity index (χ0) is 14.1. The number of carbonyl (C=O) groups excluding carboxylic acids is 1. The summed E-state index contributed by atoms with van der Waals surface area (Å²) in [6.45, 7) is 8.30. The quantitative estimate of drug-likeness (QED) is 0.785. The summed E-state index contributed by atoms with van der Waals surface area (Å²) in [5.74, 6) is 0.0218. The van der Waals surface area contributed by atoms with Gasteiger partial charge in [-0.1, -0.05) is 25.6 Å². The van der Waals surface area contributed by atoms with Crippen LogP contribution < -0.4 is 0 Å². The van der Waals surface area contributed by atoms with Crippen LogP contribution in [0.25, 0.3) is 10.9 Å². The maximum atomic E-state index is 11.9.